The van der Waals surface area contributed by atoms with Crippen LogP contribution in [-0.4, -0.2) is 24.7 Å². The molecule has 2 rings (SSSR count). The third kappa shape index (κ3) is 1.42. The van der Waals surface area contributed by atoms with E-state index in [-0.39, 0.29) is 11.7 Å². The van der Waals surface area contributed by atoms with E-state index in [1.165, 1.54) is 7.11 Å². The number of phenols is 1. The van der Waals surface area contributed by atoms with Crippen LogP contribution in [0.25, 0.3) is 0 Å². The van der Waals surface area contributed by atoms with Gasteiger partial charge in [-0.25, -0.2) is 0 Å². The van der Waals surface area contributed by atoms with E-state index in [2.05, 4.69) is 5.32 Å². The lowest BCUT2D eigenvalue weighted by molar-refractivity contribution is 0.0944. The second-order valence-electron chi connectivity index (χ2n) is 3.59. The van der Waals surface area contributed by atoms with Gasteiger partial charge in [0.2, 0.25) is 0 Å². The summed E-state index contributed by atoms with van der Waals surface area (Å²) >= 11 is 0. The molecular formula is C11H13NO3. The number of carbonyl (C=O) groups excluding carboxylic acids is 1. The SMILES string of the molecule is COc1cc2c(c(C)c1O)C(=O)NCC2. The lowest BCUT2D eigenvalue weighted by atomic mass is 9.95. The van der Waals surface area contributed by atoms with E-state index in [0.717, 1.165) is 12.0 Å². The van der Waals surface area contributed by atoms with Crippen molar-refractivity contribution >= 4 is 5.91 Å². The molecule has 80 valence electrons. The third-order valence-corrected chi connectivity index (χ3v) is 2.72. The molecule has 1 amide bonds. The molecule has 0 aromatic heterocycles. The van der Waals surface area contributed by atoms with Crippen molar-refractivity contribution < 1.29 is 14.6 Å². The summed E-state index contributed by atoms with van der Waals surface area (Å²) in [6.45, 7) is 2.36. The van der Waals surface area contributed by atoms with Gasteiger partial charge in [-0.1, -0.05) is 0 Å². The zero-order valence-electron chi connectivity index (χ0n) is 8.76. The van der Waals surface area contributed by atoms with Gasteiger partial charge in [0.05, 0.1) is 7.11 Å². The minimum absolute atomic E-state index is 0.0494. The van der Waals surface area contributed by atoms with E-state index in [1.807, 2.05) is 0 Å². The molecule has 0 saturated carbocycles. The summed E-state index contributed by atoms with van der Waals surface area (Å²) in [5.74, 6) is 0.362. The largest absolute Gasteiger partial charge is 0.504 e. The highest BCUT2D eigenvalue weighted by Crippen LogP contribution is 2.35. The van der Waals surface area contributed by atoms with E-state index in [4.69, 9.17) is 4.74 Å². The minimum Gasteiger partial charge on any atom is -0.504 e. The van der Waals surface area contributed by atoms with Crippen LogP contribution in [0, 0.1) is 6.92 Å². The van der Waals surface area contributed by atoms with Crippen LogP contribution < -0.4 is 10.1 Å². The smallest absolute Gasteiger partial charge is 0.251 e. The maximum atomic E-state index is 11.6. The van der Waals surface area contributed by atoms with E-state index in [0.29, 0.717) is 23.4 Å². The van der Waals surface area contributed by atoms with Crippen molar-refractivity contribution in [1.82, 2.24) is 5.32 Å². The first-order valence-electron chi connectivity index (χ1n) is 4.82. The number of hydrogen-bond acceptors (Lipinski definition) is 3. The normalized spacial score (nSPS) is 14.4. The standard InChI is InChI=1S/C11H13NO3/c1-6-9-7(3-4-12-11(9)14)5-8(15-2)10(6)13/h5,13H,3-4H2,1-2H3,(H,12,14). The number of phenolic OH excluding ortho intramolecular Hbond substituents is 1. The van der Waals surface area contributed by atoms with Gasteiger partial charge in [0, 0.05) is 17.7 Å². The molecule has 1 aromatic rings. The predicted molar refractivity (Wildman–Crippen MR) is 55.4 cm³/mol. The van der Waals surface area contributed by atoms with E-state index in [9.17, 15) is 9.90 Å². The van der Waals surface area contributed by atoms with Gasteiger partial charge in [0.1, 0.15) is 0 Å². The number of aromatic hydroxyl groups is 1. The van der Waals surface area contributed by atoms with Crippen molar-refractivity contribution in [3.05, 3.63) is 22.8 Å². The Labute approximate surface area is 87.9 Å². The molecule has 0 atom stereocenters. The Hall–Kier alpha value is -1.71. The molecule has 2 N–H and O–H groups in total. The number of carbonyl (C=O) groups is 1. The van der Waals surface area contributed by atoms with Gasteiger partial charge in [-0.2, -0.15) is 0 Å². The summed E-state index contributed by atoms with van der Waals surface area (Å²) in [6, 6.07) is 1.73. The Morgan fingerprint density at radius 3 is 2.93 bits per heavy atom. The highest BCUT2D eigenvalue weighted by atomic mass is 16.5. The fourth-order valence-electron chi connectivity index (χ4n) is 1.91. The van der Waals surface area contributed by atoms with E-state index >= 15 is 0 Å². The Balaban J connectivity index is 2.66. The number of rotatable bonds is 1. The first-order chi connectivity index (χ1) is 7.15. The molecule has 0 radical (unpaired) electrons. The average molecular weight is 207 g/mol. The van der Waals surface area contributed by atoms with Crippen LogP contribution in [0.15, 0.2) is 6.07 Å². The molecule has 0 saturated heterocycles. The van der Waals surface area contributed by atoms with Crippen LogP contribution in [0.1, 0.15) is 21.5 Å². The summed E-state index contributed by atoms with van der Waals surface area (Å²) < 4.78 is 5.05. The zero-order chi connectivity index (χ0) is 11.0. The first kappa shape index (κ1) is 9.83. The van der Waals surface area contributed by atoms with Crippen LogP contribution in [0.4, 0.5) is 0 Å². The van der Waals surface area contributed by atoms with Crippen molar-refractivity contribution in [2.45, 2.75) is 13.3 Å². The topological polar surface area (TPSA) is 58.6 Å². The molecule has 0 bridgehead atoms. The molecule has 0 unspecified atom stereocenters. The maximum Gasteiger partial charge on any atom is 0.251 e. The minimum atomic E-state index is -0.119. The molecule has 4 heteroatoms. The molecule has 1 aliphatic heterocycles. The van der Waals surface area contributed by atoms with Gasteiger partial charge in [-0.15, -0.1) is 0 Å². The molecule has 1 aromatic carbocycles. The lowest BCUT2D eigenvalue weighted by Crippen LogP contribution is -2.32. The number of hydrogen-bond donors (Lipinski definition) is 2. The molecule has 0 spiro atoms. The van der Waals surface area contributed by atoms with Crippen LogP contribution in [0.3, 0.4) is 0 Å². The van der Waals surface area contributed by atoms with Crippen molar-refractivity contribution in [2.24, 2.45) is 0 Å². The predicted octanol–water partition coefficient (Wildman–Crippen LogP) is 0.995. The summed E-state index contributed by atoms with van der Waals surface area (Å²) in [5.41, 5.74) is 2.10. The van der Waals surface area contributed by atoms with Crippen LogP contribution in [0.5, 0.6) is 11.5 Å². The summed E-state index contributed by atoms with van der Waals surface area (Å²) in [5, 5.41) is 12.5. The van der Waals surface area contributed by atoms with Gasteiger partial charge in [0.15, 0.2) is 11.5 Å². The summed E-state index contributed by atoms with van der Waals surface area (Å²) in [4.78, 5) is 11.6. The number of fused-ring (bicyclic) bond motifs is 1. The first-order valence-corrected chi connectivity index (χ1v) is 4.82. The molecule has 15 heavy (non-hydrogen) atoms. The number of amides is 1. The fourth-order valence-corrected chi connectivity index (χ4v) is 1.91. The highest BCUT2D eigenvalue weighted by molar-refractivity contribution is 5.99. The molecule has 1 aliphatic rings. The zero-order valence-corrected chi connectivity index (χ0v) is 8.76. The average Bonchev–Trinajstić information content (AvgIpc) is 2.23. The van der Waals surface area contributed by atoms with Crippen molar-refractivity contribution in [2.75, 3.05) is 13.7 Å². The van der Waals surface area contributed by atoms with Crippen LogP contribution >= 0.6 is 0 Å². The molecule has 0 aliphatic carbocycles. The third-order valence-electron chi connectivity index (χ3n) is 2.72. The Kier molecular flexibility index (Phi) is 2.26. The fraction of sp³-hybridized carbons (Fsp3) is 0.364. The Morgan fingerprint density at radius 1 is 1.53 bits per heavy atom. The van der Waals surface area contributed by atoms with Crippen molar-refractivity contribution in [3.63, 3.8) is 0 Å². The lowest BCUT2D eigenvalue weighted by Gasteiger charge is -2.20. The molecule has 1 heterocycles. The van der Waals surface area contributed by atoms with Gasteiger partial charge in [-0.05, 0) is 25.0 Å². The van der Waals surface area contributed by atoms with Crippen LogP contribution in [0.2, 0.25) is 0 Å². The second kappa shape index (κ2) is 3.46. The van der Waals surface area contributed by atoms with Gasteiger partial charge < -0.3 is 15.2 Å². The van der Waals surface area contributed by atoms with E-state index in [1.54, 1.807) is 13.0 Å². The van der Waals surface area contributed by atoms with E-state index < -0.39 is 0 Å². The number of nitrogens with one attached hydrogen (secondary N) is 1. The highest BCUT2D eigenvalue weighted by Gasteiger charge is 2.23. The molecule has 4 nitrogen and oxygen atoms in total. The van der Waals surface area contributed by atoms with Crippen molar-refractivity contribution in [3.8, 4) is 11.5 Å². The Morgan fingerprint density at radius 2 is 2.27 bits per heavy atom. The van der Waals surface area contributed by atoms with Crippen LogP contribution in [-0.2, 0) is 6.42 Å². The van der Waals surface area contributed by atoms with Crippen molar-refractivity contribution in [1.29, 1.82) is 0 Å². The van der Waals surface area contributed by atoms with Gasteiger partial charge in [-0.3, -0.25) is 4.79 Å². The number of methoxy groups -OCH3 is 1. The quantitative estimate of drug-likeness (QED) is 0.722. The van der Waals surface area contributed by atoms with Gasteiger partial charge in [0.25, 0.3) is 5.91 Å². The Bertz CT molecular complexity index is 426. The summed E-state index contributed by atoms with van der Waals surface area (Å²) in [6.07, 6.45) is 0.776. The number of benzene rings is 1. The maximum absolute atomic E-state index is 11.6. The molecule has 0 fully saturated rings. The molecular weight excluding hydrogens is 194 g/mol. The van der Waals surface area contributed by atoms with Gasteiger partial charge >= 0.3 is 0 Å². The summed E-state index contributed by atoms with van der Waals surface area (Å²) in [7, 11) is 1.50. The monoisotopic (exact) mass is 207 g/mol. The number of ether oxygens (including phenoxy) is 1. The second-order valence-corrected chi connectivity index (χ2v) is 3.59.